The molecule has 0 aliphatic carbocycles. The molecule has 2 rings (SSSR count). The quantitative estimate of drug-likeness (QED) is 0.902. The van der Waals surface area contributed by atoms with Crippen molar-refractivity contribution in [2.24, 2.45) is 11.7 Å². The molecule has 5 heteroatoms. The van der Waals surface area contributed by atoms with Gasteiger partial charge in [0.2, 0.25) is 0 Å². The second-order valence-electron chi connectivity index (χ2n) is 5.52. The second kappa shape index (κ2) is 6.37. The van der Waals surface area contributed by atoms with E-state index in [1.807, 2.05) is 0 Å². The lowest BCUT2D eigenvalue weighted by atomic mass is 10.0. The van der Waals surface area contributed by atoms with Crippen LogP contribution in [0.3, 0.4) is 0 Å². The van der Waals surface area contributed by atoms with Crippen LogP contribution in [0.5, 0.6) is 0 Å². The molecule has 1 saturated heterocycles. The van der Waals surface area contributed by atoms with E-state index in [2.05, 4.69) is 51.4 Å². The van der Waals surface area contributed by atoms with Gasteiger partial charge in [0.25, 0.3) is 0 Å². The van der Waals surface area contributed by atoms with Crippen LogP contribution in [-0.2, 0) is 19.5 Å². The van der Waals surface area contributed by atoms with E-state index in [-0.39, 0.29) is 0 Å². The molecule has 1 aromatic rings. The molecule has 2 atom stereocenters. The van der Waals surface area contributed by atoms with Crippen molar-refractivity contribution < 1.29 is 0 Å². The van der Waals surface area contributed by atoms with E-state index < -0.39 is 0 Å². The molecule has 0 aromatic carbocycles. The normalized spacial score (nSPS) is 22.1. The Morgan fingerprint density at radius 2 is 2.21 bits per heavy atom. The average Bonchev–Trinajstić information content (AvgIpc) is 2.96. The number of hydrogen-bond acceptors (Lipinski definition) is 3. The molecular formula is C14H25BrN4. The zero-order valence-corrected chi connectivity index (χ0v) is 13.8. The number of hydrogen-bond donors (Lipinski definition) is 1. The van der Waals surface area contributed by atoms with Gasteiger partial charge in [0, 0.05) is 25.7 Å². The molecule has 0 bridgehead atoms. The Labute approximate surface area is 124 Å². The van der Waals surface area contributed by atoms with Crippen LogP contribution in [0.15, 0.2) is 4.47 Å². The number of likely N-dealkylation sites (tertiary alicyclic amines) is 1. The monoisotopic (exact) mass is 328 g/mol. The van der Waals surface area contributed by atoms with Crippen molar-refractivity contribution in [2.45, 2.75) is 52.7 Å². The van der Waals surface area contributed by atoms with E-state index >= 15 is 0 Å². The summed E-state index contributed by atoms with van der Waals surface area (Å²) >= 11 is 3.72. The van der Waals surface area contributed by atoms with Crippen LogP contribution in [-0.4, -0.2) is 33.8 Å². The Kier molecular flexibility index (Phi) is 5.03. The van der Waals surface area contributed by atoms with Gasteiger partial charge in [-0.2, -0.15) is 5.10 Å². The SMILES string of the molecule is CCc1nn(CC)c(CN2CCC(C(C)N)C2)c1Br. The van der Waals surface area contributed by atoms with Crippen LogP contribution in [0.25, 0.3) is 0 Å². The Hall–Kier alpha value is -0.390. The van der Waals surface area contributed by atoms with Crippen LogP contribution in [0, 0.1) is 5.92 Å². The van der Waals surface area contributed by atoms with Crippen LogP contribution < -0.4 is 5.73 Å². The molecule has 108 valence electrons. The fourth-order valence-corrected chi connectivity index (χ4v) is 3.51. The van der Waals surface area contributed by atoms with E-state index in [1.165, 1.54) is 22.3 Å². The van der Waals surface area contributed by atoms with Gasteiger partial charge < -0.3 is 5.73 Å². The minimum Gasteiger partial charge on any atom is -0.328 e. The predicted molar refractivity (Wildman–Crippen MR) is 82.0 cm³/mol. The Balaban J connectivity index is 2.09. The molecule has 0 saturated carbocycles. The first-order valence-corrected chi connectivity index (χ1v) is 8.08. The van der Waals surface area contributed by atoms with E-state index in [1.54, 1.807) is 0 Å². The molecule has 0 radical (unpaired) electrons. The fraction of sp³-hybridized carbons (Fsp3) is 0.786. The molecule has 1 fully saturated rings. The predicted octanol–water partition coefficient (Wildman–Crippen LogP) is 2.40. The van der Waals surface area contributed by atoms with E-state index in [4.69, 9.17) is 5.73 Å². The first kappa shape index (κ1) is 15.0. The summed E-state index contributed by atoms with van der Waals surface area (Å²) in [5.41, 5.74) is 8.49. The van der Waals surface area contributed by atoms with Crippen LogP contribution >= 0.6 is 15.9 Å². The highest BCUT2D eigenvalue weighted by molar-refractivity contribution is 9.10. The lowest BCUT2D eigenvalue weighted by molar-refractivity contribution is 0.298. The number of aryl methyl sites for hydroxylation is 2. The van der Waals surface area contributed by atoms with Crippen LogP contribution in [0.2, 0.25) is 0 Å². The zero-order valence-electron chi connectivity index (χ0n) is 12.2. The third-order valence-corrected chi connectivity index (χ3v) is 5.04. The number of halogens is 1. The van der Waals surface area contributed by atoms with Crippen molar-refractivity contribution in [2.75, 3.05) is 13.1 Å². The summed E-state index contributed by atoms with van der Waals surface area (Å²) in [7, 11) is 0. The van der Waals surface area contributed by atoms with Crippen molar-refractivity contribution in [1.82, 2.24) is 14.7 Å². The zero-order chi connectivity index (χ0) is 14.0. The molecule has 2 N–H and O–H groups in total. The molecule has 4 nitrogen and oxygen atoms in total. The smallest absolute Gasteiger partial charge is 0.0767 e. The van der Waals surface area contributed by atoms with Gasteiger partial charge in [-0.25, -0.2) is 0 Å². The molecule has 2 unspecified atom stereocenters. The van der Waals surface area contributed by atoms with Gasteiger partial charge in [0.05, 0.1) is 15.9 Å². The first-order chi connectivity index (χ1) is 9.06. The highest BCUT2D eigenvalue weighted by atomic mass is 79.9. The van der Waals surface area contributed by atoms with Crippen LogP contribution in [0.4, 0.5) is 0 Å². The molecule has 1 aliphatic heterocycles. The lowest BCUT2D eigenvalue weighted by Crippen LogP contribution is -2.30. The van der Waals surface area contributed by atoms with Gasteiger partial charge in [-0.3, -0.25) is 9.58 Å². The summed E-state index contributed by atoms with van der Waals surface area (Å²) in [4.78, 5) is 2.50. The minimum absolute atomic E-state index is 0.302. The van der Waals surface area contributed by atoms with E-state index in [9.17, 15) is 0 Å². The third-order valence-electron chi connectivity index (χ3n) is 4.12. The van der Waals surface area contributed by atoms with Gasteiger partial charge in [0.15, 0.2) is 0 Å². The first-order valence-electron chi connectivity index (χ1n) is 7.28. The Bertz CT molecular complexity index is 427. The van der Waals surface area contributed by atoms with Crippen molar-refractivity contribution >= 4 is 15.9 Å². The maximum absolute atomic E-state index is 6.01. The second-order valence-corrected chi connectivity index (χ2v) is 6.31. The topological polar surface area (TPSA) is 47.1 Å². The number of nitrogens with zero attached hydrogens (tertiary/aromatic N) is 3. The minimum atomic E-state index is 0.302. The summed E-state index contributed by atoms with van der Waals surface area (Å²) in [5, 5.41) is 4.66. The highest BCUT2D eigenvalue weighted by Gasteiger charge is 2.27. The van der Waals surface area contributed by atoms with E-state index in [0.717, 1.165) is 32.6 Å². The molecule has 0 spiro atoms. The van der Waals surface area contributed by atoms with Crippen LogP contribution in [0.1, 0.15) is 38.6 Å². The molecule has 1 aromatic heterocycles. The Morgan fingerprint density at radius 3 is 2.74 bits per heavy atom. The summed E-state index contributed by atoms with van der Waals surface area (Å²) in [6.45, 7) is 10.6. The average molecular weight is 329 g/mol. The van der Waals surface area contributed by atoms with E-state index in [0.29, 0.717) is 12.0 Å². The molecule has 1 aliphatic rings. The standard InChI is InChI=1S/C14H25BrN4/c1-4-12-14(15)13(19(5-2)17-12)9-18-7-6-11(8-18)10(3)16/h10-11H,4-9,16H2,1-3H3. The van der Waals surface area contributed by atoms with Gasteiger partial charge >= 0.3 is 0 Å². The summed E-state index contributed by atoms with van der Waals surface area (Å²) in [6.07, 6.45) is 2.19. The molecule has 0 amide bonds. The highest BCUT2D eigenvalue weighted by Crippen LogP contribution is 2.26. The number of nitrogens with two attached hydrogens (primary N) is 1. The number of rotatable bonds is 5. The molecular weight excluding hydrogens is 304 g/mol. The van der Waals surface area contributed by atoms with Crippen molar-refractivity contribution in [1.29, 1.82) is 0 Å². The lowest BCUT2D eigenvalue weighted by Gasteiger charge is -2.18. The van der Waals surface area contributed by atoms with Crippen molar-refractivity contribution in [3.05, 3.63) is 15.9 Å². The summed E-state index contributed by atoms with van der Waals surface area (Å²) in [5.74, 6) is 0.641. The summed E-state index contributed by atoms with van der Waals surface area (Å²) < 4.78 is 3.32. The van der Waals surface area contributed by atoms with Gasteiger partial charge in [-0.1, -0.05) is 6.92 Å². The Morgan fingerprint density at radius 1 is 1.47 bits per heavy atom. The maximum atomic E-state index is 6.01. The van der Waals surface area contributed by atoms with Gasteiger partial charge in [-0.15, -0.1) is 0 Å². The van der Waals surface area contributed by atoms with Gasteiger partial charge in [0.1, 0.15) is 0 Å². The van der Waals surface area contributed by atoms with Crippen molar-refractivity contribution in [3.63, 3.8) is 0 Å². The van der Waals surface area contributed by atoms with Gasteiger partial charge in [-0.05, 0) is 55.1 Å². The maximum Gasteiger partial charge on any atom is 0.0767 e. The summed E-state index contributed by atoms with van der Waals surface area (Å²) in [6, 6.07) is 0.302. The fourth-order valence-electron chi connectivity index (χ4n) is 2.82. The number of aromatic nitrogens is 2. The van der Waals surface area contributed by atoms with Crippen molar-refractivity contribution in [3.8, 4) is 0 Å². The molecule has 2 heterocycles. The third kappa shape index (κ3) is 3.20. The molecule has 19 heavy (non-hydrogen) atoms. The largest absolute Gasteiger partial charge is 0.328 e.